The van der Waals surface area contributed by atoms with Crippen molar-refractivity contribution in [3.8, 4) is 0 Å². The smallest absolute Gasteiger partial charge is 0.336 e. The van der Waals surface area contributed by atoms with Crippen LogP contribution in [0.4, 0.5) is 15.9 Å². The van der Waals surface area contributed by atoms with Gasteiger partial charge in [0.2, 0.25) is 0 Å². The summed E-state index contributed by atoms with van der Waals surface area (Å²) >= 11 is 0. The van der Waals surface area contributed by atoms with Crippen molar-refractivity contribution in [1.29, 1.82) is 0 Å². The molecule has 0 amide bonds. The molecular weight excluding hydrogens is 273 g/mol. The summed E-state index contributed by atoms with van der Waals surface area (Å²) in [5, 5.41) is 12.7. The van der Waals surface area contributed by atoms with Crippen molar-refractivity contribution in [3.63, 3.8) is 0 Å². The van der Waals surface area contributed by atoms with E-state index >= 15 is 0 Å². The largest absolute Gasteiger partial charge is 0.478 e. The molecule has 104 valence electrons. The van der Waals surface area contributed by atoms with Gasteiger partial charge in [0.15, 0.2) is 0 Å². The molecule has 3 rings (SSSR count). The van der Waals surface area contributed by atoms with Crippen molar-refractivity contribution in [2.24, 2.45) is 0 Å². The van der Waals surface area contributed by atoms with Crippen molar-refractivity contribution >= 4 is 28.4 Å². The molecule has 0 aliphatic heterocycles. The number of hydrogen-bond acceptors (Lipinski definition) is 4. The van der Waals surface area contributed by atoms with Gasteiger partial charge in [0, 0.05) is 5.69 Å². The van der Waals surface area contributed by atoms with E-state index in [1.807, 2.05) is 0 Å². The second-order valence-electron chi connectivity index (χ2n) is 4.36. The molecule has 5 nitrogen and oxygen atoms in total. The Bertz CT molecular complexity index is 814. The Morgan fingerprint density at radius 2 is 1.86 bits per heavy atom. The number of carboxylic acids is 1. The number of fused-ring (bicyclic) bond motifs is 1. The fraction of sp³-hybridized carbons (Fsp3) is 0. The molecule has 6 heteroatoms. The number of carbonyl (C=O) groups is 1. The maximum atomic E-state index is 12.9. The molecule has 0 unspecified atom stereocenters. The monoisotopic (exact) mass is 283 g/mol. The van der Waals surface area contributed by atoms with Crippen molar-refractivity contribution in [3.05, 3.63) is 60.2 Å². The van der Waals surface area contributed by atoms with Crippen molar-refractivity contribution in [1.82, 2.24) is 9.97 Å². The first-order valence-electron chi connectivity index (χ1n) is 6.15. The number of nitrogens with zero attached hydrogens (tertiary/aromatic N) is 2. The average Bonchev–Trinajstić information content (AvgIpc) is 2.49. The molecule has 1 heterocycles. The minimum Gasteiger partial charge on any atom is -0.478 e. The highest BCUT2D eigenvalue weighted by atomic mass is 19.1. The van der Waals surface area contributed by atoms with Gasteiger partial charge in [-0.25, -0.2) is 19.2 Å². The van der Waals surface area contributed by atoms with Crippen LogP contribution in [-0.2, 0) is 0 Å². The van der Waals surface area contributed by atoms with Gasteiger partial charge in [-0.1, -0.05) is 6.07 Å². The van der Waals surface area contributed by atoms with Crippen LogP contribution < -0.4 is 5.32 Å². The SMILES string of the molecule is O=C(O)c1cccc2ncnc(Nc3ccc(F)cc3)c12. The first kappa shape index (κ1) is 13.0. The third-order valence-electron chi connectivity index (χ3n) is 3.00. The van der Waals surface area contributed by atoms with Gasteiger partial charge < -0.3 is 10.4 Å². The van der Waals surface area contributed by atoms with Crippen LogP contribution in [0.5, 0.6) is 0 Å². The Labute approximate surface area is 119 Å². The number of aromatic carboxylic acids is 1. The number of rotatable bonds is 3. The zero-order valence-corrected chi connectivity index (χ0v) is 10.7. The molecule has 0 saturated heterocycles. The number of nitrogens with one attached hydrogen (secondary N) is 1. The number of anilines is 2. The number of halogens is 1. The van der Waals surface area contributed by atoms with E-state index in [1.54, 1.807) is 24.3 Å². The molecule has 0 spiro atoms. The molecule has 21 heavy (non-hydrogen) atoms. The Morgan fingerprint density at radius 3 is 2.57 bits per heavy atom. The second kappa shape index (κ2) is 5.16. The molecule has 2 N–H and O–H groups in total. The fourth-order valence-electron chi connectivity index (χ4n) is 2.05. The summed E-state index contributed by atoms with van der Waals surface area (Å²) in [5.41, 5.74) is 1.24. The number of benzene rings is 2. The van der Waals surface area contributed by atoms with Crippen LogP contribution in [-0.4, -0.2) is 21.0 Å². The van der Waals surface area contributed by atoms with Crippen LogP contribution in [0.3, 0.4) is 0 Å². The van der Waals surface area contributed by atoms with E-state index in [1.165, 1.54) is 24.5 Å². The van der Waals surface area contributed by atoms with Crippen molar-refractivity contribution in [2.45, 2.75) is 0 Å². The van der Waals surface area contributed by atoms with Gasteiger partial charge in [0.1, 0.15) is 18.0 Å². The molecule has 0 aliphatic rings. The first-order chi connectivity index (χ1) is 10.1. The van der Waals surface area contributed by atoms with Gasteiger partial charge in [0.05, 0.1) is 16.5 Å². The Hall–Kier alpha value is -3.02. The van der Waals surface area contributed by atoms with E-state index in [2.05, 4.69) is 15.3 Å². The van der Waals surface area contributed by atoms with Gasteiger partial charge in [-0.05, 0) is 36.4 Å². The standard InChI is InChI=1S/C15H10FN3O2/c16-9-4-6-10(7-5-9)19-14-13-11(15(20)21)2-1-3-12(13)17-8-18-14/h1-8H,(H,20,21)(H,17,18,19). The molecule has 0 atom stereocenters. The molecule has 2 aromatic carbocycles. The lowest BCUT2D eigenvalue weighted by atomic mass is 10.1. The topological polar surface area (TPSA) is 75.1 Å². The lowest BCUT2D eigenvalue weighted by molar-refractivity contribution is 0.0699. The van der Waals surface area contributed by atoms with Crippen LogP contribution in [0.15, 0.2) is 48.8 Å². The predicted molar refractivity (Wildman–Crippen MR) is 76.2 cm³/mol. The minimum absolute atomic E-state index is 0.109. The molecule has 0 saturated carbocycles. The van der Waals surface area contributed by atoms with Gasteiger partial charge in [-0.3, -0.25) is 0 Å². The first-order valence-corrected chi connectivity index (χ1v) is 6.15. The Balaban J connectivity index is 2.13. The highest BCUT2D eigenvalue weighted by Crippen LogP contribution is 2.26. The summed E-state index contributed by atoms with van der Waals surface area (Å²) in [6.45, 7) is 0. The van der Waals surface area contributed by atoms with Crippen molar-refractivity contribution < 1.29 is 14.3 Å². The lowest BCUT2D eigenvalue weighted by Crippen LogP contribution is -2.02. The van der Waals surface area contributed by atoms with Crippen LogP contribution in [0.2, 0.25) is 0 Å². The molecule has 3 aromatic rings. The van der Waals surface area contributed by atoms with E-state index in [0.717, 1.165) is 0 Å². The summed E-state index contributed by atoms with van der Waals surface area (Å²) in [6.07, 6.45) is 1.35. The van der Waals surface area contributed by atoms with Crippen LogP contribution in [0, 0.1) is 5.82 Å². The number of aromatic nitrogens is 2. The summed E-state index contributed by atoms with van der Waals surface area (Å²) in [4.78, 5) is 19.5. The maximum absolute atomic E-state index is 12.9. The summed E-state index contributed by atoms with van der Waals surface area (Å²) in [6, 6.07) is 10.5. The highest BCUT2D eigenvalue weighted by molar-refractivity contribution is 6.07. The average molecular weight is 283 g/mol. The predicted octanol–water partition coefficient (Wildman–Crippen LogP) is 3.21. The van der Waals surface area contributed by atoms with Gasteiger partial charge >= 0.3 is 5.97 Å². The summed E-state index contributed by atoms with van der Waals surface area (Å²) in [5.74, 6) is -1.04. The molecule has 1 aromatic heterocycles. The van der Waals surface area contributed by atoms with Gasteiger partial charge in [-0.2, -0.15) is 0 Å². The lowest BCUT2D eigenvalue weighted by Gasteiger charge is -2.10. The minimum atomic E-state index is -1.06. The number of hydrogen-bond donors (Lipinski definition) is 2. The van der Waals surface area contributed by atoms with Gasteiger partial charge in [0.25, 0.3) is 0 Å². The third-order valence-corrected chi connectivity index (χ3v) is 3.00. The molecule has 0 radical (unpaired) electrons. The summed E-state index contributed by atoms with van der Waals surface area (Å²) < 4.78 is 12.9. The molecule has 0 aliphatic carbocycles. The molecular formula is C15H10FN3O2. The van der Waals surface area contributed by atoms with Crippen LogP contribution >= 0.6 is 0 Å². The van der Waals surface area contributed by atoms with E-state index in [4.69, 9.17) is 0 Å². The van der Waals surface area contributed by atoms with Crippen LogP contribution in [0.1, 0.15) is 10.4 Å². The van der Waals surface area contributed by atoms with E-state index < -0.39 is 5.97 Å². The zero-order valence-electron chi connectivity index (χ0n) is 10.7. The highest BCUT2D eigenvalue weighted by Gasteiger charge is 2.13. The van der Waals surface area contributed by atoms with E-state index in [9.17, 15) is 14.3 Å². The number of carboxylic acid groups (broad SMARTS) is 1. The van der Waals surface area contributed by atoms with E-state index in [-0.39, 0.29) is 11.4 Å². The molecule has 0 fully saturated rings. The quantitative estimate of drug-likeness (QED) is 0.772. The second-order valence-corrected chi connectivity index (χ2v) is 4.36. The maximum Gasteiger partial charge on any atom is 0.336 e. The van der Waals surface area contributed by atoms with Gasteiger partial charge in [-0.15, -0.1) is 0 Å². The van der Waals surface area contributed by atoms with Crippen LogP contribution in [0.25, 0.3) is 10.9 Å². The fourth-order valence-corrected chi connectivity index (χ4v) is 2.05. The summed E-state index contributed by atoms with van der Waals surface area (Å²) in [7, 11) is 0. The van der Waals surface area contributed by atoms with E-state index in [0.29, 0.717) is 22.4 Å². The zero-order chi connectivity index (χ0) is 14.8. The Morgan fingerprint density at radius 1 is 1.10 bits per heavy atom. The normalized spacial score (nSPS) is 10.5. The Kier molecular flexibility index (Phi) is 3.19. The third kappa shape index (κ3) is 2.51. The molecule has 0 bridgehead atoms. The van der Waals surface area contributed by atoms with Crippen molar-refractivity contribution in [2.75, 3.05) is 5.32 Å².